The lowest BCUT2D eigenvalue weighted by Crippen LogP contribution is -2.29. The molecule has 2 atom stereocenters. The first-order chi connectivity index (χ1) is 8.51. The summed E-state index contributed by atoms with van der Waals surface area (Å²) in [5.41, 5.74) is 1.67. The number of hydrogen-bond donors (Lipinski definition) is 1. The molecule has 0 saturated heterocycles. The van der Waals surface area contributed by atoms with E-state index in [-0.39, 0.29) is 11.9 Å². The van der Waals surface area contributed by atoms with Crippen molar-refractivity contribution in [3.8, 4) is 0 Å². The van der Waals surface area contributed by atoms with E-state index in [9.17, 15) is 4.39 Å². The van der Waals surface area contributed by atoms with Crippen molar-refractivity contribution in [1.82, 2.24) is 5.32 Å². The zero-order chi connectivity index (χ0) is 13.7. The van der Waals surface area contributed by atoms with E-state index in [0.29, 0.717) is 11.7 Å². The highest BCUT2D eigenvalue weighted by atomic mass is 19.1. The highest BCUT2D eigenvalue weighted by Crippen LogP contribution is 2.24. The molecule has 0 fully saturated rings. The van der Waals surface area contributed by atoms with Gasteiger partial charge in [-0.25, -0.2) is 4.39 Å². The van der Waals surface area contributed by atoms with Crippen LogP contribution in [0.5, 0.6) is 0 Å². The molecule has 1 aromatic carbocycles. The van der Waals surface area contributed by atoms with Gasteiger partial charge in [-0.3, -0.25) is 0 Å². The number of anilines is 1. The van der Waals surface area contributed by atoms with Crippen molar-refractivity contribution < 1.29 is 4.39 Å². The molecule has 0 heterocycles. The third-order valence-electron chi connectivity index (χ3n) is 3.65. The topological polar surface area (TPSA) is 15.3 Å². The van der Waals surface area contributed by atoms with Gasteiger partial charge in [0.25, 0.3) is 0 Å². The zero-order valence-corrected chi connectivity index (χ0v) is 12.1. The Morgan fingerprint density at radius 2 is 2.00 bits per heavy atom. The molecule has 0 aliphatic carbocycles. The summed E-state index contributed by atoms with van der Waals surface area (Å²) in [6.07, 6.45) is 2.19. The van der Waals surface area contributed by atoms with E-state index < -0.39 is 0 Å². The van der Waals surface area contributed by atoms with E-state index in [0.717, 1.165) is 18.4 Å². The molecule has 0 saturated carbocycles. The average molecular weight is 252 g/mol. The van der Waals surface area contributed by atoms with E-state index in [1.165, 1.54) is 0 Å². The lowest BCUT2D eigenvalue weighted by Gasteiger charge is -2.27. The van der Waals surface area contributed by atoms with Crippen LogP contribution in [0.25, 0.3) is 0 Å². The minimum Gasteiger partial charge on any atom is -0.370 e. The summed E-state index contributed by atoms with van der Waals surface area (Å²) in [5, 5.41) is 3.12. The van der Waals surface area contributed by atoms with Gasteiger partial charge in [0, 0.05) is 19.1 Å². The predicted molar refractivity (Wildman–Crippen MR) is 76.6 cm³/mol. The van der Waals surface area contributed by atoms with Crippen molar-refractivity contribution in [2.75, 3.05) is 19.0 Å². The van der Waals surface area contributed by atoms with Gasteiger partial charge in [-0.15, -0.1) is 0 Å². The summed E-state index contributed by atoms with van der Waals surface area (Å²) in [6.45, 7) is 6.31. The number of hydrogen-bond acceptors (Lipinski definition) is 2. The molecule has 0 radical (unpaired) electrons. The molecular formula is C15H25FN2. The van der Waals surface area contributed by atoms with Crippen molar-refractivity contribution in [1.29, 1.82) is 0 Å². The van der Waals surface area contributed by atoms with Crippen LogP contribution in [0.4, 0.5) is 10.1 Å². The van der Waals surface area contributed by atoms with Crippen molar-refractivity contribution in [3.63, 3.8) is 0 Å². The molecule has 0 aromatic heterocycles. The molecule has 2 unspecified atom stereocenters. The Balaban J connectivity index is 2.91. The van der Waals surface area contributed by atoms with Crippen LogP contribution in [-0.2, 0) is 0 Å². The van der Waals surface area contributed by atoms with Gasteiger partial charge in [-0.2, -0.15) is 0 Å². The third-order valence-corrected chi connectivity index (χ3v) is 3.65. The maximum atomic E-state index is 14.1. The van der Waals surface area contributed by atoms with Crippen LogP contribution in [0.1, 0.15) is 45.2 Å². The standard InChI is InChI=1S/C15H25FN2/c1-6-7-11(2)18(5)15-9-8-13(10-14(15)16)12(3)17-4/h8-12,17H,6-7H2,1-5H3. The van der Waals surface area contributed by atoms with Crippen LogP contribution in [0.2, 0.25) is 0 Å². The first kappa shape index (κ1) is 15.0. The maximum absolute atomic E-state index is 14.1. The molecule has 3 heteroatoms. The molecule has 0 aliphatic heterocycles. The highest BCUT2D eigenvalue weighted by molar-refractivity contribution is 5.49. The fourth-order valence-electron chi connectivity index (χ4n) is 2.09. The first-order valence-electron chi connectivity index (χ1n) is 6.70. The number of benzene rings is 1. The molecule has 0 spiro atoms. The molecule has 0 bridgehead atoms. The van der Waals surface area contributed by atoms with E-state index in [2.05, 4.69) is 19.2 Å². The Morgan fingerprint density at radius 3 is 2.50 bits per heavy atom. The molecule has 1 aromatic rings. The van der Waals surface area contributed by atoms with Gasteiger partial charge in [0.15, 0.2) is 0 Å². The van der Waals surface area contributed by atoms with Gasteiger partial charge in [-0.05, 0) is 45.0 Å². The largest absolute Gasteiger partial charge is 0.370 e. The Labute approximate surface area is 110 Å². The van der Waals surface area contributed by atoms with Crippen molar-refractivity contribution in [2.24, 2.45) is 0 Å². The van der Waals surface area contributed by atoms with Gasteiger partial charge in [0.1, 0.15) is 5.82 Å². The molecular weight excluding hydrogens is 227 g/mol. The molecule has 0 amide bonds. The van der Waals surface area contributed by atoms with Crippen molar-refractivity contribution in [3.05, 3.63) is 29.6 Å². The fraction of sp³-hybridized carbons (Fsp3) is 0.600. The number of nitrogens with zero attached hydrogens (tertiary/aromatic N) is 1. The SMILES string of the molecule is CCCC(C)N(C)c1ccc(C(C)NC)cc1F. The first-order valence-corrected chi connectivity index (χ1v) is 6.70. The summed E-state index contributed by atoms with van der Waals surface area (Å²) in [6, 6.07) is 6.04. The normalized spacial score (nSPS) is 14.3. The lowest BCUT2D eigenvalue weighted by atomic mass is 10.1. The second kappa shape index (κ2) is 6.74. The summed E-state index contributed by atoms with van der Waals surface area (Å²) < 4.78 is 14.1. The number of nitrogens with one attached hydrogen (secondary N) is 1. The smallest absolute Gasteiger partial charge is 0.146 e. The van der Waals surface area contributed by atoms with Crippen molar-refractivity contribution >= 4 is 5.69 Å². The molecule has 102 valence electrons. The molecule has 2 nitrogen and oxygen atoms in total. The van der Waals surface area contributed by atoms with Crippen LogP contribution >= 0.6 is 0 Å². The van der Waals surface area contributed by atoms with E-state index in [1.807, 2.05) is 38.1 Å². The number of halogens is 1. The van der Waals surface area contributed by atoms with Crippen LogP contribution in [0, 0.1) is 5.82 Å². The molecule has 18 heavy (non-hydrogen) atoms. The van der Waals surface area contributed by atoms with E-state index in [4.69, 9.17) is 0 Å². The summed E-state index contributed by atoms with van der Waals surface area (Å²) in [7, 11) is 3.84. The Bertz CT molecular complexity index is 379. The zero-order valence-electron chi connectivity index (χ0n) is 12.1. The van der Waals surface area contributed by atoms with Crippen LogP contribution in [-0.4, -0.2) is 20.1 Å². The van der Waals surface area contributed by atoms with Gasteiger partial charge in [0.2, 0.25) is 0 Å². The monoisotopic (exact) mass is 252 g/mol. The summed E-state index contributed by atoms with van der Waals surface area (Å²) >= 11 is 0. The summed E-state index contributed by atoms with van der Waals surface area (Å²) in [5.74, 6) is -0.139. The second-order valence-electron chi connectivity index (χ2n) is 4.97. The maximum Gasteiger partial charge on any atom is 0.146 e. The average Bonchev–Trinajstić information content (AvgIpc) is 2.37. The predicted octanol–water partition coefficient (Wildman–Crippen LogP) is 3.73. The van der Waals surface area contributed by atoms with Crippen LogP contribution in [0.3, 0.4) is 0 Å². The van der Waals surface area contributed by atoms with Gasteiger partial charge < -0.3 is 10.2 Å². The van der Waals surface area contributed by atoms with Gasteiger partial charge >= 0.3 is 0 Å². The Kier molecular flexibility index (Phi) is 5.60. The van der Waals surface area contributed by atoms with E-state index >= 15 is 0 Å². The highest BCUT2D eigenvalue weighted by Gasteiger charge is 2.14. The minimum absolute atomic E-state index is 0.139. The Hall–Kier alpha value is -1.09. The minimum atomic E-state index is -0.139. The van der Waals surface area contributed by atoms with Crippen LogP contribution in [0.15, 0.2) is 18.2 Å². The van der Waals surface area contributed by atoms with Crippen molar-refractivity contribution in [2.45, 2.75) is 45.7 Å². The quantitative estimate of drug-likeness (QED) is 0.830. The second-order valence-corrected chi connectivity index (χ2v) is 4.97. The van der Waals surface area contributed by atoms with E-state index in [1.54, 1.807) is 6.07 Å². The third kappa shape index (κ3) is 3.45. The summed E-state index contributed by atoms with van der Waals surface area (Å²) in [4.78, 5) is 2.02. The molecule has 1 N–H and O–H groups in total. The molecule has 0 aliphatic rings. The lowest BCUT2D eigenvalue weighted by molar-refractivity contribution is 0.576. The van der Waals surface area contributed by atoms with Gasteiger partial charge in [0.05, 0.1) is 5.69 Å². The van der Waals surface area contributed by atoms with Gasteiger partial charge in [-0.1, -0.05) is 19.4 Å². The van der Waals surface area contributed by atoms with Crippen LogP contribution < -0.4 is 10.2 Å². The Morgan fingerprint density at radius 1 is 1.33 bits per heavy atom. The fourth-order valence-corrected chi connectivity index (χ4v) is 2.09. The molecule has 1 rings (SSSR count). The number of rotatable bonds is 6.